The van der Waals surface area contributed by atoms with Gasteiger partial charge >= 0.3 is 0 Å². The minimum Gasteiger partial charge on any atom is -0.351 e. The Morgan fingerprint density at radius 2 is 2.40 bits per heavy atom. The van der Waals surface area contributed by atoms with Crippen molar-refractivity contribution in [1.82, 2.24) is 14.9 Å². The van der Waals surface area contributed by atoms with Crippen LogP contribution in [0.2, 0.25) is 0 Å². The fourth-order valence-electron chi connectivity index (χ4n) is 2.60. The molecule has 2 aromatic rings. The molecule has 4 nitrogen and oxygen atoms in total. The van der Waals surface area contributed by atoms with Crippen molar-refractivity contribution in [3.8, 4) is 0 Å². The fourth-order valence-corrected chi connectivity index (χ4v) is 3.44. The van der Waals surface area contributed by atoms with Crippen molar-refractivity contribution in [2.45, 2.75) is 44.7 Å². The molecule has 2 aromatic heterocycles. The van der Waals surface area contributed by atoms with Crippen LogP contribution in [0, 0.1) is 0 Å². The number of nitrogens with zero attached hydrogens (tertiary/aromatic N) is 2. The van der Waals surface area contributed by atoms with E-state index in [0.717, 1.165) is 30.1 Å². The van der Waals surface area contributed by atoms with Crippen molar-refractivity contribution < 1.29 is 4.79 Å². The van der Waals surface area contributed by atoms with E-state index in [-0.39, 0.29) is 11.9 Å². The van der Waals surface area contributed by atoms with Gasteiger partial charge in [-0.2, -0.15) is 0 Å². The summed E-state index contributed by atoms with van der Waals surface area (Å²) < 4.78 is 2.13. The second-order valence-corrected chi connectivity index (χ2v) is 6.75. The van der Waals surface area contributed by atoms with Gasteiger partial charge in [-0.1, -0.05) is 6.07 Å². The zero-order valence-electron chi connectivity index (χ0n) is 11.8. The monoisotopic (exact) mass is 289 g/mol. The molecule has 0 fully saturated rings. The first kappa shape index (κ1) is 13.4. The first-order valence-electron chi connectivity index (χ1n) is 6.92. The molecule has 0 saturated carbocycles. The molecule has 1 aliphatic rings. The van der Waals surface area contributed by atoms with Crippen LogP contribution in [0.5, 0.6) is 0 Å². The number of carbonyl (C=O) groups is 1. The number of thiophene rings is 1. The molecule has 1 amide bonds. The molecule has 0 bridgehead atoms. The summed E-state index contributed by atoms with van der Waals surface area (Å²) in [5, 5.41) is 5.21. The van der Waals surface area contributed by atoms with Gasteiger partial charge in [0.05, 0.1) is 5.41 Å². The SMILES string of the molecule is CC(C)(C(=O)N[C@H]1CCc2nccn2C1)c1cccs1. The highest BCUT2D eigenvalue weighted by Gasteiger charge is 2.32. The lowest BCUT2D eigenvalue weighted by atomic mass is 9.89. The van der Waals surface area contributed by atoms with Gasteiger partial charge in [0.1, 0.15) is 5.82 Å². The smallest absolute Gasteiger partial charge is 0.231 e. The predicted molar refractivity (Wildman–Crippen MR) is 79.8 cm³/mol. The van der Waals surface area contributed by atoms with Gasteiger partial charge in [-0.25, -0.2) is 4.98 Å². The summed E-state index contributed by atoms with van der Waals surface area (Å²) >= 11 is 1.63. The topological polar surface area (TPSA) is 46.9 Å². The van der Waals surface area contributed by atoms with Crippen LogP contribution >= 0.6 is 11.3 Å². The Morgan fingerprint density at radius 1 is 1.55 bits per heavy atom. The Balaban J connectivity index is 1.68. The Morgan fingerprint density at radius 3 is 3.15 bits per heavy atom. The van der Waals surface area contributed by atoms with Crippen molar-refractivity contribution in [2.75, 3.05) is 0 Å². The van der Waals surface area contributed by atoms with E-state index >= 15 is 0 Å². The molecular weight excluding hydrogens is 270 g/mol. The molecule has 5 heteroatoms. The lowest BCUT2D eigenvalue weighted by Gasteiger charge is -2.29. The van der Waals surface area contributed by atoms with Crippen LogP contribution in [0.15, 0.2) is 29.9 Å². The Hall–Kier alpha value is -1.62. The van der Waals surface area contributed by atoms with Crippen molar-refractivity contribution in [3.63, 3.8) is 0 Å². The number of hydrogen-bond donors (Lipinski definition) is 1. The predicted octanol–water partition coefficient (Wildman–Crippen LogP) is 2.35. The maximum Gasteiger partial charge on any atom is 0.231 e. The van der Waals surface area contributed by atoms with Crippen molar-refractivity contribution in [2.24, 2.45) is 0 Å². The number of fused-ring (bicyclic) bond motifs is 1. The summed E-state index contributed by atoms with van der Waals surface area (Å²) in [5.74, 6) is 1.22. The Kier molecular flexibility index (Phi) is 3.38. The number of imidazole rings is 1. The molecular formula is C15H19N3OS. The largest absolute Gasteiger partial charge is 0.351 e. The van der Waals surface area contributed by atoms with Crippen molar-refractivity contribution in [3.05, 3.63) is 40.6 Å². The maximum absolute atomic E-state index is 12.6. The lowest BCUT2D eigenvalue weighted by molar-refractivity contribution is -0.126. The number of aryl methyl sites for hydroxylation is 1. The van der Waals surface area contributed by atoms with E-state index in [0.29, 0.717) is 0 Å². The van der Waals surface area contributed by atoms with Crippen LogP contribution in [-0.4, -0.2) is 21.5 Å². The molecule has 0 unspecified atom stereocenters. The molecule has 1 aliphatic heterocycles. The van der Waals surface area contributed by atoms with Gasteiger partial charge in [-0.15, -0.1) is 11.3 Å². The van der Waals surface area contributed by atoms with Gasteiger partial charge in [0, 0.05) is 36.3 Å². The Bertz CT molecular complexity index is 600. The zero-order valence-corrected chi connectivity index (χ0v) is 12.6. The molecule has 0 radical (unpaired) electrons. The van der Waals surface area contributed by atoms with Gasteiger partial charge in [-0.3, -0.25) is 4.79 Å². The van der Waals surface area contributed by atoms with E-state index in [1.54, 1.807) is 11.3 Å². The van der Waals surface area contributed by atoms with Gasteiger partial charge in [-0.05, 0) is 31.7 Å². The number of rotatable bonds is 3. The third-order valence-corrected chi connectivity index (χ3v) is 5.17. The fraction of sp³-hybridized carbons (Fsp3) is 0.467. The minimum atomic E-state index is -0.469. The van der Waals surface area contributed by atoms with E-state index in [1.807, 2.05) is 43.8 Å². The standard InChI is InChI=1S/C15H19N3OS/c1-15(2,12-4-3-9-20-12)14(19)17-11-5-6-13-16-7-8-18(13)10-11/h3-4,7-9,11H,5-6,10H2,1-2H3,(H,17,19)/t11-/m0/s1. The number of hydrogen-bond acceptors (Lipinski definition) is 3. The normalized spacial score (nSPS) is 18.6. The summed E-state index contributed by atoms with van der Waals surface area (Å²) in [6.07, 6.45) is 5.70. The van der Waals surface area contributed by atoms with E-state index in [9.17, 15) is 4.79 Å². The summed E-state index contributed by atoms with van der Waals surface area (Å²) in [6, 6.07) is 4.22. The summed E-state index contributed by atoms with van der Waals surface area (Å²) in [4.78, 5) is 18.0. The third kappa shape index (κ3) is 2.38. The van der Waals surface area contributed by atoms with Crippen LogP contribution in [0.4, 0.5) is 0 Å². The maximum atomic E-state index is 12.6. The van der Waals surface area contributed by atoms with Gasteiger partial charge in [0.25, 0.3) is 0 Å². The molecule has 20 heavy (non-hydrogen) atoms. The molecule has 1 N–H and O–H groups in total. The highest BCUT2D eigenvalue weighted by atomic mass is 32.1. The highest BCUT2D eigenvalue weighted by molar-refractivity contribution is 7.10. The summed E-state index contributed by atoms with van der Waals surface area (Å²) in [6.45, 7) is 4.79. The van der Waals surface area contributed by atoms with E-state index in [1.165, 1.54) is 0 Å². The highest BCUT2D eigenvalue weighted by Crippen LogP contribution is 2.28. The average molecular weight is 289 g/mol. The first-order valence-corrected chi connectivity index (χ1v) is 7.80. The second kappa shape index (κ2) is 5.05. The van der Waals surface area contributed by atoms with Crippen LogP contribution in [0.3, 0.4) is 0 Å². The van der Waals surface area contributed by atoms with Crippen LogP contribution < -0.4 is 5.32 Å². The average Bonchev–Trinajstić information content (AvgIpc) is 3.09. The van der Waals surface area contributed by atoms with Crippen LogP contribution in [-0.2, 0) is 23.2 Å². The van der Waals surface area contributed by atoms with Crippen LogP contribution in [0.1, 0.15) is 31.0 Å². The van der Waals surface area contributed by atoms with Crippen LogP contribution in [0.25, 0.3) is 0 Å². The summed E-state index contributed by atoms with van der Waals surface area (Å²) in [5.41, 5.74) is -0.469. The van der Waals surface area contributed by atoms with Crippen molar-refractivity contribution >= 4 is 17.2 Å². The van der Waals surface area contributed by atoms with Gasteiger partial charge in [0.15, 0.2) is 0 Å². The number of amides is 1. The molecule has 0 aliphatic carbocycles. The molecule has 3 rings (SSSR count). The van der Waals surface area contributed by atoms with Gasteiger partial charge in [0.2, 0.25) is 5.91 Å². The van der Waals surface area contributed by atoms with Crippen molar-refractivity contribution in [1.29, 1.82) is 0 Å². The zero-order chi connectivity index (χ0) is 14.2. The number of carbonyl (C=O) groups excluding carboxylic acids is 1. The lowest BCUT2D eigenvalue weighted by Crippen LogP contribution is -2.47. The molecule has 106 valence electrons. The van der Waals surface area contributed by atoms with E-state index in [4.69, 9.17) is 0 Å². The number of nitrogens with one attached hydrogen (secondary N) is 1. The first-order chi connectivity index (χ1) is 9.57. The second-order valence-electron chi connectivity index (χ2n) is 5.81. The Labute approximate surface area is 122 Å². The molecule has 0 saturated heterocycles. The third-order valence-electron chi connectivity index (χ3n) is 3.98. The quantitative estimate of drug-likeness (QED) is 0.943. The number of aromatic nitrogens is 2. The van der Waals surface area contributed by atoms with E-state index < -0.39 is 5.41 Å². The molecule has 0 spiro atoms. The molecule has 1 atom stereocenters. The molecule has 3 heterocycles. The minimum absolute atomic E-state index is 0.105. The summed E-state index contributed by atoms with van der Waals surface area (Å²) in [7, 11) is 0. The van der Waals surface area contributed by atoms with E-state index in [2.05, 4.69) is 14.9 Å². The van der Waals surface area contributed by atoms with Gasteiger partial charge < -0.3 is 9.88 Å². The molecule has 0 aromatic carbocycles.